The van der Waals surface area contributed by atoms with Gasteiger partial charge in [-0.25, -0.2) is 0 Å². The third-order valence-electron chi connectivity index (χ3n) is 1.51. The highest BCUT2D eigenvalue weighted by atomic mass is 35.5. The number of alkyl halides is 3. The molecule has 0 aliphatic rings. The number of hydrogen-bond donors (Lipinski definition) is 0. The Kier molecular flexibility index (Phi) is 3.89. The van der Waals surface area contributed by atoms with E-state index >= 15 is 0 Å². The van der Waals surface area contributed by atoms with Crippen LogP contribution >= 0.6 is 23.2 Å². The Hall–Kier alpha value is -1.12. The number of ether oxygens (including phenoxy) is 1. The summed E-state index contributed by atoms with van der Waals surface area (Å²) in [6, 6.07) is 4.12. The quantitative estimate of drug-likeness (QED) is 0.818. The summed E-state index contributed by atoms with van der Waals surface area (Å²) >= 11 is 11.2. The normalized spacial score (nSPS) is 11.0. The molecule has 0 atom stereocenters. The van der Waals surface area contributed by atoms with E-state index in [0.29, 0.717) is 0 Å². The van der Waals surface area contributed by atoms with Crippen LogP contribution in [0.2, 0.25) is 10.0 Å². The van der Waals surface area contributed by atoms with Gasteiger partial charge in [0.1, 0.15) is 0 Å². The van der Waals surface area contributed by atoms with Crippen molar-refractivity contribution >= 4 is 23.2 Å². The van der Waals surface area contributed by atoms with Crippen LogP contribution in [-0.2, 0) is 0 Å². The van der Waals surface area contributed by atoms with E-state index in [1.165, 1.54) is 12.1 Å². The van der Waals surface area contributed by atoms with Crippen molar-refractivity contribution in [1.82, 2.24) is 0 Å². The van der Waals surface area contributed by atoms with Crippen LogP contribution in [0.5, 0.6) is 5.75 Å². The largest absolute Gasteiger partial charge is 0.481 e. The Morgan fingerprint density at radius 3 is 2.12 bits per heavy atom. The molecule has 0 aliphatic heterocycles. The highest BCUT2D eigenvalue weighted by Crippen LogP contribution is 2.35. The van der Waals surface area contributed by atoms with Gasteiger partial charge in [-0.05, 0) is 12.1 Å². The van der Waals surface area contributed by atoms with Gasteiger partial charge < -0.3 is 4.74 Å². The molecule has 0 saturated heterocycles. The molecule has 0 bridgehead atoms. The zero-order chi connectivity index (χ0) is 12.3. The molecule has 0 spiro atoms. The zero-order valence-corrected chi connectivity index (χ0v) is 9.12. The summed E-state index contributed by atoms with van der Waals surface area (Å²) in [6.45, 7) is -1.49. The van der Waals surface area contributed by atoms with Crippen molar-refractivity contribution in [1.29, 1.82) is 5.26 Å². The lowest BCUT2D eigenvalue weighted by atomic mass is 10.2. The zero-order valence-electron chi connectivity index (χ0n) is 7.61. The minimum absolute atomic E-state index is 0.131. The molecule has 0 aliphatic carbocycles. The Morgan fingerprint density at radius 1 is 1.25 bits per heavy atom. The molecule has 0 unspecified atom stereocenters. The second-order valence-electron chi connectivity index (χ2n) is 2.78. The third kappa shape index (κ3) is 3.47. The molecule has 7 heteroatoms. The lowest BCUT2D eigenvalue weighted by Crippen LogP contribution is -2.19. The smallest absolute Gasteiger partial charge is 0.422 e. The van der Waals surface area contributed by atoms with Gasteiger partial charge in [0.2, 0.25) is 0 Å². The SMILES string of the molecule is N#Cc1cc(Cl)c(OCC(F)(F)F)c(Cl)c1. The summed E-state index contributed by atoms with van der Waals surface area (Å²) in [6.07, 6.45) is -4.47. The molecule has 0 N–H and O–H groups in total. The number of benzene rings is 1. The Morgan fingerprint density at radius 2 is 1.75 bits per heavy atom. The van der Waals surface area contributed by atoms with Crippen molar-refractivity contribution in [2.45, 2.75) is 6.18 Å². The predicted octanol–water partition coefficient (Wildman–Crippen LogP) is 3.81. The summed E-state index contributed by atoms with van der Waals surface area (Å²) in [5.41, 5.74) is 0.148. The van der Waals surface area contributed by atoms with Crippen LogP contribution in [-0.4, -0.2) is 12.8 Å². The lowest BCUT2D eigenvalue weighted by Gasteiger charge is -2.11. The molecule has 1 aromatic rings. The van der Waals surface area contributed by atoms with Crippen molar-refractivity contribution in [3.05, 3.63) is 27.7 Å². The van der Waals surface area contributed by atoms with E-state index in [1.807, 2.05) is 0 Å². The van der Waals surface area contributed by atoms with Gasteiger partial charge >= 0.3 is 6.18 Å². The van der Waals surface area contributed by atoms with Crippen LogP contribution in [0.25, 0.3) is 0 Å². The molecular weight excluding hydrogens is 266 g/mol. The maximum atomic E-state index is 11.9. The monoisotopic (exact) mass is 269 g/mol. The summed E-state index contributed by atoms with van der Waals surface area (Å²) < 4.78 is 40.1. The van der Waals surface area contributed by atoms with Crippen LogP contribution in [0.1, 0.15) is 5.56 Å². The van der Waals surface area contributed by atoms with E-state index in [4.69, 9.17) is 28.5 Å². The number of hydrogen-bond acceptors (Lipinski definition) is 2. The van der Waals surface area contributed by atoms with E-state index in [-0.39, 0.29) is 21.4 Å². The van der Waals surface area contributed by atoms with E-state index in [0.717, 1.165) is 0 Å². The summed E-state index contributed by atoms with van der Waals surface area (Å²) in [5.74, 6) is -0.278. The molecule has 1 rings (SSSR count). The first-order valence-electron chi connectivity index (χ1n) is 3.92. The van der Waals surface area contributed by atoms with Crippen LogP contribution < -0.4 is 4.74 Å². The second-order valence-corrected chi connectivity index (χ2v) is 3.60. The van der Waals surface area contributed by atoms with Gasteiger partial charge in [0.15, 0.2) is 12.4 Å². The molecule has 0 heterocycles. The van der Waals surface area contributed by atoms with Gasteiger partial charge in [-0.15, -0.1) is 0 Å². The average Bonchev–Trinajstić information content (AvgIpc) is 2.14. The van der Waals surface area contributed by atoms with E-state index in [2.05, 4.69) is 4.74 Å². The van der Waals surface area contributed by atoms with E-state index in [1.54, 1.807) is 6.07 Å². The van der Waals surface area contributed by atoms with Crippen molar-refractivity contribution < 1.29 is 17.9 Å². The predicted molar refractivity (Wildman–Crippen MR) is 52.7 cm³/mol. The average molecular weight is 270 g/mol. The lowest BCUT2D eigenvalue weighted by molar-refractivity contribution is -0.153. The van der Waals surface area contributed by atoms with Gasteiger partial charge in [-0.3, -0.25) is 0 Å². The first-order chi connectivity index (χ1) is 7.33. The van der Waals surface area contributed by atoms with E-state index < -0.39 is 12.8 Å². The molecule has 0 amide bonds. The molecule has 2 nitrogen and oxygen atoms in total. The summed E-state index contributed by atoms with van der Waals surface area (Å²) in [4.78, 5) is 0. The highest BCUT2D eigenvalue weighted by molar-refractivity contribution is 6.37. The standard InChI is InChI=1S/C9H4Cl2F3NO/c10-6-1-5(3-15)2-7(11)8(6)16-4-9(12,13)14/h1-2H,4H2. The van der Waals surface area contributed by atoms with Crippen molar-refractivity contribution in [2.75, 3.05) is 6.61 Å². The molecule has 1 aromatic carbocycles. The Labute approximate surface area is 99.1 Å². The fourth-order valence-electron chi connectivity index (χ4n) is 0.916. The fraction of sp³-hybridized carbons (Fsp3) is 0.222. The van der Waals surface area contributed by atoms with Crippen LogP contribution in [0.4, 0.5) is 13.2 Å². The Bertz CT molecular complexity index is 416. The molecular formula is C9H4Cl2F3NO. The molecule has 86 valence electrons. The van der Waals surface area contributed by atoms with Crippen LogP contribution in [0.3, 0.4) is 0 Å². The van der Waals surface area contributed by atoms with Crippen molar-refractivity contribution in [3.8, 4) is 11.8 Å². The summed E-state index contributed by atoms with van der Waals surface area (Å²) in [7, 11) is 0. The third-order valence-corrected chi connectivity index (χ3v) is 2.07. The number of halogens is 5. The van der Waals surface area contributed by atoms with Gasteiger partial charge in [-0.1, -0.05) is 23.2 Å². The first-order valence-corrected chi connectivity index (χ1v) is 4.68. The highest BCUT2D eigenvalue weighted by Gasteiger charge is 2.29. The molecule has 0 fully saturated rings. The minimum atomic E-state index is -4.47. The van der Waals surface area contributed by atoms with Crippen LogP contribution in [0, 0.1) is 11.3 Å². The van der Waals surface area contributed by atoms with E-state index in [9.17, 15) is 13.2 Å². The first kappa shape index (κ1) is 12.9. The number of nitrogens with zero attached hydrogens (tertiary/aromatic N) is 1. The fourth-order valence-corrected chi connectivity index (χ4v) is 1.51. The number of nitriles is 1. The topological polar surface area (TPSA) is 33.0 Å². The minimum Gasteiger partial charge on any atom is -0.481 e. The van der Waals surface area contributed by atoms with Gasteiger partial charge in [0, 0.05) is 0 Å². The van der Waals surface area contributed by atoms with Crippen LogP contribution in [0.15, 0.2) is 12.1 Å². The van der Waals surface area contributed by atoms with Crippen molar-refractivity contribution in [3.63, 3.8) is 0 Å². The Balaban J connectivity index is 2.94. The molecule has 0 radical (unpaired) electrons. The molecule has 0 aromatic heterocycles. The maximum absolute atomic E-state index is 11.9. The molecule has 0 saturated carbocycles. The van der Waals surface area contributed by atoms with Gasteiger partial charge in [-0.2, -0.15) is 18.4 Å². The summed E-state index contributed by atoms with van der Waals surface area (Å²) in [5, 5.41) is 8.29. The van der Waals surface area contributed by atoms with Gasteiger partial charge in [0.05, 0.1) is 21.7 Å². The maximum Gasteiger partial charge on any atom is 0.422 e. The second kappa shape index (κ2) is 4.81. The number of rotatable bonds is 2. The molecule has 16 heavy (non-hydrogen) atoms. The van der Waals surface area contributed by atoms with Gasteiger partial charge in [0.25, 0.3) is 0 Å². The van der Waals surface area contributed by atoms with Crippen molar-refractivity contribution in [2.24, 2.45) is 0 Å².